The minimum atomic E-state index is -0.641. The summed E-state index contributed by atoms with van der Waals surface area (Å²) in [5.74, 6) is -0.760. The Kier molecular flexibility index (Phi) is 7.50. The summed E-state index contributed by atoms with van der Waals surface area (Å²) < 4.78 is 6.97. The van der Waals surface area contributed by atoms with Crippen LogP contribution in [0.1, 0.15) is 62.2 Å². The summed E-state index contributed by atoms with van der Waals surface area (Å²) in [5, 5.41) is 11.4. The SMILES string of the molecule is BC(B)(B)C(B)(C)n1nc(-c2ccc(C(C)C(=O)Nc3cc(CC(C)(C)C)no3)cc2)c(C(N)=O)c1N. The van der Waals surface area contributed by atoms with Gasteiger partial charge >= 0.3 is 0 Å². The van der Waals surface area contributed by atoms with Crippen LogP contribution in [0.5, 0.6) is 0 Å². The number of aromatic nitrogens is 3. The van der Waals surface area contributed by atoms with E-state index in [2.05, 4.69) is 54.8 Å². The lowest BCUT2D eigenvalue weighted by atomic mass is 9.31. The summed E-state index contributed by atoms with van der Waals surface area (Å²) in [4.78, 5) is 25.2. The van der Waals surface area contributed by atoms with E-state index in [4.69, 9.17) is 21.1 Å². The van der Waals surface area contributed by atoms with Gasteiger partial charge in [0.2, 0.25) is 11.8 Å². The fourth-order valence-corrected chi connectivity index (χ4v) is 3.93. The zero-order chi connectivity index (χ0) is 27.9. The summed E-state index contributed by atoms with van der Waals surface area (Å²) in [6.07, 6.45) is 0.740. The van der Waals surface area contributed by atoms with E-state index in [1.54, 1.807) is 10.7 Å². The molecule has 0 aliphatic heterocycles. The second kappa shape index (κ2) is 9.83. The monoisotopic (exact) mass is 500 g/mol. The molecule has 0 aliphatic carbocycles. The number of nitrogens with one attached hydrogen (secondary N) is 1. The maximum Gasteiger partial charge on any atom is 0.254 e. The third kappa shape index (κ3) is 5.97. The quantitative estimate of drug-likeness (QED) is 0.367. The molecule has 0 bridgehead atoms. The number of nitrogens with zero attached hydrogens (tertiary/aromatic N) is 3. The lowest BCUT2D eigenvalue weighted by Crippen LogP contribution is -2.46. The highest BCUT2D eigenvalue weighted by atomic mass is 16.5. The van der Waals surface area contributed by atoms with E-state index in [0.29, 0.717) is 17.1 Å². The van der Waals surface area contributed by atoms with Crippen molar-refractivity contribution in [1.82, 2.24) is 14.9 Å². The van der Waals surface area contributed by atoms with Crippen LogP contribution >= 0.6 is 0 Å². The van der Waals surface area contributed by atoms with Gasteiger partial charge in [0.15, 0.2) is 0 Å². The van der Waals surface area contributed by atoms with E-state index < -0.39 is 17.3 Å². The van der Waals surface area contributed by atoms with Crippen LogP contribution in [0.15, 0.2) is 34.9 Å². The first-order chi connectivity index (χ1) is 16.9. The Morgan fingerprint density at radius 3 is 2.22 bits per heavy atom. The minimum absolute atomic E-state index is 0.0601. The van der Waals surface area contributed by atoms with Gasteiger partial charge in [-0.25, -0.2) is 0 Å². The Morgan fingerprint density at radius 1 is 1.11 bits per heavy atom. The van der Waals surface area contributed by atoms with E-state index >= 15 is 0 Å². The van der Waals surface area contributed by atoms with Crippen molar-refractivity contribution in [3.8, 4) is 11.3 Å². The molecule has 3 aromatic rings. The zero-order valence-corrected chi connectivity index (χ0v) is 23.4. The van der Waals surface area contributed by atoms with Crippen molar-refractivity contribution in [2.24, 2.45) is 11.1 Å². The Balaban J connectivity index is 1.85. The first-order valence-electron chi connectivity index (χ1n) is 12.5. The Bertz CT molecular complexity index is 1300. The molecule has 0 saturated carbocycles. The number of carbonyl (C=O) groups is 2. The molecular formula is C24H36B4N6O3. The third-order valence-corrected chi connectivity index (χ3v) is 7.13. The van der Waals surface area contributed by atoms with Gasteiger partial charge in [0, 0.05) is 17.1 Å². The predicted octanol–water partition coefficient (Wildman–Crippen LogP) is -0.171. The molecule has 13 heteroatoms. The Morgan fingerprint density at radius 2 is 1.70 bits per heavy atom. The van der Waals surface area contributed by atoms with Gasteiger partial charge in [-0.2, -0.15) is 5.10 Å². The number of hydrogen-bond donors (Lipinski definition) is 3. The molecule has 2 heterocycles. The number of nitrogens with two attached hydrogens (primary N) is 2. The molecule has 192 valence electrons. The van der Waals surface area contributed by atoms with Crippen molar-refractivity contribution in [2.45, 2.75) is 57.5 Å². The van der Waals surface area contributed by atoms with Crippen LogP contribution in [0.25, 0.3) is 11.3 Å². The molecule has 1 aromatic carbocycles. The summed E-state index contributed by atoms with van der Waals surface area (Å²) >= 11 is 0. The number of primary amides is 1. The van der Waals surface area contributed by atoms with Crippen molar-refractivity contribution >= 4 is 54.9 Å². The smallest absolute Gasteiger partial charge is 0.254 e. The van der Waals surface area contributed by atoms with Crippen LogP contribution in [0.2, 0.25) is 5.11 Å². The van der Waals surface area contributed by atoms with Crippen molar-refractivity contribution in [2.75, 3.05) is 11.1 Å². The number of hydrogen-bond acceptors (Lipinski definition) is 6. The van der Waals surface area contributed by atoms with Crippen LogP contribution < -0.4 is 16.8 Å². The highest BCUT2D eigenvalue weighted by molar-refractivity contribution is 6.62. The molecule has 9 nitrogen and oxygen atoms in total. The summed E-state index contributed by atoms with van der Waals surface area (Å²) in [6.45, 7) is 10.2. The average Bonchev–Trinajstić information content (AvgIpc) is 3.35. The largest absolute Gasteiger partial charge is 0.383 e. The fraction of sp³-hybridized carbons (Fsp3) is 0.417. The van der Waals surface area contributed by atoms with Gasteiger partial charge < -0.3 is 16.0 Å². The van der Waals surface area contributed by atoms with Crippen molar-refractivity contribution in [3.63, 3.8) is 0 Å². The highest BCUT2D eigenvalue weighted by Crippen LogP contribution is 2.38. The number of nitrogen functional groups attached to an aromatic ring is 1. The first-order valence-corrected chi connectivity index (χ1v) is 12.5. The van der Waals surface area contributed by atoms with Crippen LogP contribution in [0.3, 0.4) is 0 Å². The van der Waals surface area contributed by atoms with E-state index in [-0.39, 0.29) is 27.8 Å². The molecule has 0 spiro atoms. The molecule has 0 radical (unpaired) electrons. The van der Waals surface area contributed by atoms with Crippen LogP contribution in [0, 0.1) is 5.41 Å². The normalized spacial score (nSPS) is 14.6. The summed E-state index contributed by atoms with van der Waals surface area (Å²) in [7, 11) is 8.28. The van der Waals surface area contributed by atoms with E-state index in [9.17, 15) is 9.59 Å². The van der Waals surface area contributed by atoms with Crippen molar-refractivity contribution < 1.29 is 14.1 Å². The Hall–Kier alpha value is -3.36. The number of benzene rings is 1. The summed E-state index contributed by atoms with van der Waals surface area (Å²) in [6, 6.07) is 9.05. The van der Waals surface area contributed by atoms with Crippen molar-refractivity contribution in [3.05, 3.63) is 47.2 Å². The van der Waals surface area contributed by atoms with Gasteiger partial charge in [0.25, 0.3) is 5.91 Å². The Labute approximate surface area is 222 Å². The molecule has 0 saturated heterocycles. The molecule has 2 unspecified atom stereocenters. The second-order valence-electron chi connectivity index (χ2n) is 12.4. The number of amides is 2. The molecule has 2 atom stereocenters. The third-order valence-electron chi connectivity index (χ3n) is 7.13. The molecule has 37 heavy (non-hydrogen) atoms. The lowest BCUT2D eigenvalue weighted by molar-refractivity contribution is -0.117. The van der Waals surface area contributed by atoms with Gasteiger partial charge in [0.05, 0.1) is 35.2 Å². The number of carbonyl (C=O) groups excluding carboxylic acids is 2. The van der Waals surface area contributed by atoms with E-state index in [1.165, 1.54) is 0 Å². The van der Waals surface area contributed by atoms with Gasteiger partial charge in [-0.1, -0.05) is 55.3 Å². The molecule has 2 amide bonds. The van der Waals surface area contributed by atoms with E-state index in [1.807, 2.05) is 46.0 Å². The zero-order valence-electron chi connectivity index (χ0n) is 23.4. The molecular weight excluding hydrogens is 464 g/mol. The summed E-state index contributed by atoms with van der Waals surface area (Å²) in [5.41, 5.74) is 14.5. The molecule has 0 aliphatic rings. The van der Waals surface area contributed by atoms with Gasteiger partial charge in [-0.3, -0.25) is 19.6 Å². The molecule has 2 aromatic heterocycles. The fourth-order valence-electron chi connectivity index (χ4n) is 3.93. The molecule has 0 fully saturated rings. The predicted molar refractivity (Wildman–Crippen MR) is 158 cm³/mol. The van der Waals surface area contributed by atoms with Crippen LogP contribution in [-0.2, 0) is 16.7 Å². The second-order valence-corrected chi connectivity index (χ2v) is 12.4. The van der Waals surface area contributed by atoms with Gasteiger partial charge in [-0.05, 0) is 31.2 Å². The average molecular weight is 500 g/mol. The maximum atomic E-state index is 12.9. The van der Waals surface area contributed by atoms with Gasteiger partial charge in [0.1, 0.15) is 24.9 Å². The van der Waals surface area contributed by atoms with Gasteiger partial charge in [-0.15, -0.1) is 0 Å². The molecule has 5 N–H and O–H groups in total. The van der Waals surface area contributed by atoms with E-state index in [0.717, 1.165) is 17.7 Å². The first kappa shape index (κ1) is 28.2. The highest BCUT2D eigenvalue weighted by Gasteiger charge is 2.38. The minimum Gasteiger partial charge on any atom is -0.383 e. The van der Waals surface area contributed by atoms with Crippen LogP contribution in [-0.4, -0.2) is 58.1 Å². The van der Waals surface area contributed by atoms with Crippen LogP contribution in [0.4, 0.5) is 11.7 Å². The standard InChI is InChI=1S/C24H36B4N6O3/c1-12(21(36)31-16-10-15(33-37-16)11-22(2,3)4)13-6-8-14(9-7-13)18-17(20(30)35)19(29)34(32-18)23(5,25)24(26,27)28/h6-10,12H,11,25-29H2,1-5H3,(H2,30,35)(H,31,36). The topological polar surface area (TPSA) is 142 Å². The lowest BCUT2D eigenvalue weighted by Gasteiger charge is -2.40. The number of anilines is 2. The molecule has 3 rings (SSSR count). The number of rotatable bonds is 8. The van der Waals surface area contributed by atoms with Crippen molar-refractivity contribution in [1.29, 1.82) is 0 Å². The maximum absolute atomic E-state index is 12.9.